The molecule has 2 heterocycles. The fourth-order valence-corrected chi connectivity index (χ4v) is 3.10. The Morgan fingerprint density at radius 2 is 2.03 bits per heavy atom. The molecule has 168 valence electrons. The lowest BCUT2D eigenvalue weighted by Crippen LogP contribution is -2.24. The topological polar surface area (TPSA) is 156 Å². The molecule has 3 rings (SSSR count). The van der Waals surface area contributed by atoms with Crippen molar-refractivity contribution >= 4 is 5.91 Å². The second-order valence-corrected chi connectivity index (χ2v) is 6.97. The molecule has 0 aliphatic rings. The molecule has 32 heavy (non-hydrogen) atoms. The number of carbonyl (C=O) groups is 1. The lowest BCUT2D eigenvalue weighted by molar-refractivity contribution is 0.0962. The number of unbranched alkanes of at least 4 members (excludes halogenated alkanes) is 2. The van der Waals surface area contributed by atoms with Gasteiger partial charge in [0.2, 0.25) is 0 Å². The Hall–Kier alpha value is -3.74. The molecule has 0 bridgehead atoms. The van der Waals surface area contributed by atoms with Gasteiger partial charge in [0.05, 0.1) is 22.8 Å². The van der Waals surface area contributed by atoms with E-state index < -0.39 is 0 Å². The maximum Gasteiger partial charge on any atom is 0.280 e. The van der Waals surface area contributed by atoms with Gasteiger partial charge in [0.1, 0.15) is 0 Å². The average Bonchev–Trinajstić information content (AvgIpc) is 3.22. The molecule has 1 amide bonds. The highest BCUT2D eigenvalue weighted by Gasteiger charge is 2.18. The number of nitrogens with two attached hydrogens (primary N) is 2. The first-order valence-corrected chi connectivity index (χ1v) is 10.4. The first-order chi connectivity index (χ1) is 15.5. The van der Waals surface area contributed by atoms with E-state index >= 15 is 0 Å². The van der Waals surface area contributed by atoms with Crippen LogP contribution in [-0.4, -0.2) is 34.3 Å². The van der Waals surface area contributed by atoms with E-state index in [-0.39, 0.29) is 29.4 Å². The second kappa shape index (κ2) is 12.2. The lowest BCUT2D eigenvalue weighted by Gasteiger charge is -2.07. The molecule has 0 atom stereocenters. The van der Waals surface area contributed by atoms with Crippen LogP contribution in [-0.2, 0) is 6.54 Å². The number of hydrogen-bond acceptors (Lipinski definition) is 6. The zero-order chi connectivity index (χ0) is 23.5. The van der Waals surface area contributed by atoms with Gasteiger partial charge in [0, 0.05) is 26.0 Å². The van der Waals surface area contributed by atoms with Crippen LogP contribution in [0.1, 0.15) is 47.7 Å². The van der Waals surface area contributed by atoms with Crippen molar-refractivity contribution in [1.82, 2.24) is 20.1 Å². The van der Waals surface area contributed by atoms with E-state index in [9.17, 15) is 9.59 Å². The van der Waals surface area contributed by atoms with Crippen LogP contribution in [0, 0.1) is 11.3 Å². The number of hydrogen-bond donors (Lipinski definition) is 4. The fraction of sp³-hybridized carbons (Fsp3) is 0.304. The summed E-state index contributed by atoms with van der Waals surface area (Å²) in [5.74, 6) is -0.150. The molecule has 1 aromatic carbocycles. The number of aromatic amines is 1. The molecule has 2 aromatic heterocycles. The standard InChI is InChI=1S/C18H16N6O2.C5H13N/c1-21-17(25)14-3-2-6-22-16(14)24-18(26)15(10-23-24)13-5-4-11(8-19)7-12(13)9-20;1-2-3-4-5-6/h2-7,10,23H,9,20H2,1H3,(H,21,25);2-6H2,1H3. The van der Waals surface area contributed by atoms with Gasteiger partial charge in [-0.25, -0.2) is 9.67 Å². The molecule has 9 heteroatoms. The summed E-state index contributed by atoms with van der Waals surface area (Å²) in [7, 11) is 1.51. The molecule has 0 unspecified atom stereocenters. The van der Waals surface area contributed by atoms with Gasteiger partial charge in [-0.15, -0.1) is 0 Å². The predicted molar refractivity (Wildman–Crippen MR) is 124 cm³/mol. The van der Waals surface area contributed by atoms with Gasteiger partial charge in [-0.05, 0) is 48.4 Å². The van der Waals surface area contributed by atoms with Gasteiger partial charge in [-0.1, -0.05) is 25.8 Å². The number of nitrogens with one attached hydrogen (secondary N) is 2. The van der Waals surface area contributed by atoms with Gasteiger partial charge in [-0.2, -0.15) is 5.26 Å². The normalized spacial score (nSPS) is 10.1. The highest BCUT2D eigenvalue weighted by Crippen LogP contribution is 2.22. The van der Waals surface area contributed by atoms with Gasteiger partial charge in [0.25, 0.3) is 11.5 Å². The number of pyridine rings is 1. The molecule has 0 aliphatic carbocycles. The Balaban J connectivity index is 0.000000534. The molecule has 0 aliphatic heterocycles. The van der Waals surface area contributed by atoms with E-state index in [0.29, 0.717) is 22.3 Å². The Labute approximate surface area is 187 Å². The fourth-order valence-electron chi connectivity index (χ4n) is 3.10. The van der Waals surface area contributed by atoms with Crippen molar-refractivity contribution in [3.63, 3.8) is 0 Å². The van der Waals surface area contributed by atoms with Gasteiger partial charge < -0.3 is 16.8 Å². The summed E-state index contributed by atoms with van der Waals surface area (Å²) in [5, 5.41) is 14.4. The number of H-pyrrole nitrogens is 1. The monoisotopic (exact) mass is 435 g/mol. The SMILES string of the molecule is CCCCCN.CNC(=O)c1cccnc1-n1[nH]cc(-c2ccc(C#N)cc2CN)c1=O. The van der Waals surface area contributed by atoms with Gasteiger partial charge >= 0.3 is 0 Å². The van der Waals surface area contributed by atoms with Crippen LogP contribution in [0.15, 0.2) is 47.5 Å². The summed E-state index contributed by atoms with van der Waals surface area (Å²) in [6, 6.07) is 10.2. The summed E-state index contributed by atoms with van der Waals surface area (Å²) in [4.78, 5) is 29.1. The first-order valence-electron chi connectivity index (χ1n) is 10.4. The number of benzene rings is 1. The van der Waals surface area contributed by atoms with Crippen molar-refractivity contribution in [3.05, 3.63) is 69.8 Å². The average molecular weight is 436 g/mol. The third-order valence-electron chi connectivity index (χ3n) is 4.79. The second-order valence-electron chi connectivity index (χ2n) is 6.97. The molecule has 3 aromatic rings. The number of amides is 1. The van der Waals surface area contributed by atoms with Crippen molar-refractivity contribution in [2.45, 2.75) is 32.7 Å². The highest BCUT2D eigenvalue weighted by atomic mass is 16.2. The number of aromatic nitrogens is 3. The summed E-state index contributed by atoms with van der Waals surface area (Å²) in [6.45, 7) is 3.21. The van der Waals surface area contributed by atoms with E-state index in [4.69, 9.17) is 16.7 Å². The molecule has 6 N–H and O–H groups in total. The third kappa shape index (κ3) is 5.69. The smallest absolute Gasteiger partial charge is 0.280 e. The highest BCUT2D eigenvalue weighted by molar-refractivity contribution is 5.96. The summed E-state index contributed by atoms with van der Waals surface area (Å²) in [5.41, 5.74) is 13.0. The maximum absolute atomic E-state index is 12.9. The quantitative estimate of drug-likeness (QED) is 0.416. The zero-order valence-corrected chi connectivity index (χ0v) is 18.4. The number of carbonyl (C=O) groups excluding carboxylic acids is 1. The van der Waals surface area contributed by atoms with Gasteiger partial charge in [-0.3, -0.25) is 14.7 Å². The van der Waals surface area contributed by atoms with Crippen molar-refractivity contribution in [2.24, 2.45) is 11.5 Å². The molecular formula is C23H29N7O2. The Morgan fingerprint density at radius 1 is 1.25 bits per heavy atom. The van der Waals surface area contributed by atoms with Crippen molar-refractivity contribution in [1.29, 1.82) is 5.26 Å². The first kappa shape index (κ1) is 24.5. The van der Waals surface area contributed by atoms with Crippen LogP contribution in [0.4, 0.5) is 0 Å². The number of nitriles is 1. The number of rotatable bonds is 7. The minimum Gasteiger partial charge on any atom is -0.355 e. The van der Waals surface area contributed by atoms with E-state index in [1.54, 1.807) is 30.3 Å². The Kier molecular flexibility index (Phi) is 9.35. The molecular weight excluding hydrogens is 406 g/mol. The maximum atomic E-state index is 12.9. The van der Waals surface area contributed by atoms with Crippen LogP contribution in [0.2, 0.25) is 0 Å². The molecule has 9 nitrogen and oxygen atoms in total. The molecule has 0 fully saturated rings. The predicted octanol–water partition coefficient (Wildman–Crippen LogP) is 2.05. The van der Waals surface area contributed by atoms with E-state index in [1.165, 1.54) is 43.4 Å². The summed E-state index contributed by atoms with van der Waals surface area (Å²) < 4.78 is 1.21. The van der Waals surface area contributed by atoms with Gasteiger partial charge in [0.15, 0.2) is 5.82 Å². The van der Waals surface area contributed by atoms with Crippen LogP contribution >= 0.6 is 0 Å². The summed E-state index contributed by atoms with van der Waals surface area (Å²) >= 11 is 0. The largest absolute Gasteiger partial charge is 0.355 e. The van der Waals surface area contributed by atoms with E-state index in [1.807, 2.05) is 0 Å². The van der Waals surface area contributed by atoms with Crippen LogP contribution < -0.4 is 22.3 Å². The molecule has 0 radical (unpaired) electrons. The number of nitrogens with zero attached hydrogens (tertiary/aromatic N) is 3. The third-order valence-corrected chi connectivity index (χ3v) is 4.79. The molecule has 0 saturated heterocycles. The zero-order valence-electron chi connectivity index (χ0n) is 18.4. The van der Waals surface area contributed by atoms with Crippen molar-refractivity contribution < 1.29 is 4.79 Å². The van der Waals surface area contributed by atoms with Crippen LogP contribution in [0.3, 0.4) is 0 Å². The van der Waals surface area contributed by atoms with E-state index in [2.05, 4.69) is 28.4 Å². The van der Waals surface area contributed by atoms with Crippen molar-refractivity contribution in [3.8, 4) is 23.0 Å². The Morgan fingerprint density at radius 3 is 2.62 bits per heavy atom. The van der Waals surface area contributed by atoms with Crippen LogP contribution in [0.5, 0.6) is 0 Å². The molecule has 0 saturated carbocycles. The van der Waals surface area contributed by atoms with E-state index in [0.717, 1.165) is 6.54 Å². The van der Waals surface area contributed by atoms with Crippen LogP contribution in [0.25, 0.3) is 16.9 Å². The summed E-state index contributed by atoms with van der Waals surface area (Å²) in [6.07, 6.45) is 6.79. The molecule has 0 spiro atoms. The minimum absolute atomic E-state index is 0.183. The van der Waals surface area contributed by atoms with Crippen molar-refractivity contribution in [2.75, 3.05) is 13.6 Å². The lowest BCUT2D eigenvalue weighted by atomic mass is 10.00. The minimum atomic E-state index is -0.367. The Bertz CT molecular complexity index is 1140.